The lowest BCUT2D eigenvalue weighted by Crippen LogP contribution is -2.47. The lowest BCUT2D eigenvalue weighted by Gasteiger charge is -2.37. The molecule has 9 heteroatoms. The van der Waals surface area contributed by atoms with Crippen LogP contribution in [-0.4, -0.2) is 46.9 Å². The summed E-state index contributed by atoms with van der Waals surface area (Å²) in [4.78, 5) is 0.188. The van der Waals surface area contributed by atoms with Crippen LogP contribution in [-0.2, 0) is 14.8 Å². The third kappa shape index (κ3) is 4.63. The molecule has 0 bridgehead atoms. The number of aromatic nitrogens is 1. The molecule has 0 aliphatic carbocycles. The number of ether oxygens (including phenoxy) is 1. The van der Waals surface area contributed by atoms with Gasteiger partial charge in [0.05, 0.1) is 17.7 Å². The van der Waals surface area contributed by atoms with Crippen molar-refractivity contribution < 1.29 is 17.7 Å². The number of nitrogens with zero attached hydrogens (tertiary/aromatic N) is 1. The van der Waals surface area contributed by atoms with Crippen LogP contribution in [0.2, 0.25) is 0 Å². The molecule has 0 spiro atoms. The van der Waals surface area contributed by atoms with E-state index in [4.69, 9.17) is 9.26 Å². The highest BCUT2D eigenvalue weighted by atomic mass is 35.5. The minimum Gasteiger partial charge on any atom is -0.384 e. The molecule has 1 saturated heterocycles. The molecular weight excluding hydrogens is 378 g/mol. The van der Waals surface area contributed by atoms with Crippen molar-refractivity contribution in [2.24, 2.45) is 5.41 Å². The van der Waals surface area contributed by atoms with Crippen molar-refractivity contribution in [1.29, 1.82) is 0 Å². The minimum absolute atomic E-state index is 0. The second kappa shape index (κ2) is 8.96. The Morgan fingerprint density at radius 3 is 2.65 bits per heavy atom. The fraction of sp³-hybridized carbons (Fsp3) is 0.471. The first kappa shape index (κ1) is 20.9. The van der Waals surface area contributed by atoms with Crippen molar-refractivity contribution >= 4 is 22.4 Å². The van der Waals surface area contributed by atoms with E-state index in [1.54, 1.807) is 37.4 Å². The maximum atomic E-state index is 12.9. The quantitative estimate of drug-likeness (QED) is 0.737. The van der Waals surface area contributed by atoms with Gasteiger partial charge in [-0.1, -0.05) is 17.3 Å². The van der Waals surface area contributed by atoms with Crippen LogP contribution in [0.15, 0.2) is 45.9 Å². The molecule has 3 rings (SSSR count). The van der Waals surface area contributed by atoms with Gasteiger partial charge < -0.3 is 14.6 Å². The van der Waals surface area contributed by atoms with Crippen molar-refractivity contribution in [1.82, 2.24) is 15.2 Å². The highest BCUT2D eigenvalue weighted by Crippen LogP contribution is 2.30. The molecule has 1 aliphatic heterocycles. The van der Waals surface area contributed by atoms with Crippen molar-refractivity contribution in [2.45, 2.75) is 17.7 Å². The average Bonchev–Trinajstić information content (AvgIpc) is 3.16. The molecular formula is C17H24ClN3O4S. The molecule has 26 heavy (non-hydrogen) atoms. The molecule has 1 fully saturated rings. The SMILES string of the molecule is COCC1(CNS(=O)(=O)c2ccccc2-c2ccno2)CCNCC1.Cl. The van der Waals surface area contributed by atoms with Crippen LogP contribution in [0.1, 0.15) is 12.8 Å². The number of rotatable bonds is 7. The van der Waals surface area contributed by atoms with Crippen molar-refractivity contribution in [3.05, 3.63) is 36.5 Å². The Labute approximate surface area is 159 Å². The van der Waals surface area contributed by atoms with Crippen LogP contribution in [0.5, 0.6) is 0 Å². The van der Waals surface area contributed by atoms with Gasteiger partial charge in [0.2, 0.25) is 10.0 Å². The van der Waals surface area contributed by atoms with E-state index in [2.05, 4.69) is 15.2 Å². The molecule has 2 aromatic rings. The number of methoxy groups -OCH3 is 1. The maximum Gasteiger partial charge on any atom is 0.241 e. The van der Waals surface area contributed by atoms with Crippen LogP contribution >= 0.6 is 12.4 Å². The smallest absolute Gasteiger partial charge is 0.241 e. The predicted octanol–water partition coefficient (Wildman–Crippen LogP) is 2.06. The summed E-state index contributed by atoms with van der Waals surface area (Å²) in [6, 6.07) is 8.41. The van der Waals surface area contributed by atoms with Crippen LogP contribution in [0.25, 0.3) is 11.3 Å². The molecule has 0 radical (unpaired) electrons. The third-order valence-corrected chi connectivity index (χ3v) is 6.09. The number of halogens is 1. The zero-order chi connectivity index (χ0) is 17.8. The van der Waals surface area contributed by atoms with E-state index in [1.807, 2.05) is 0 Å². The van der Waals surface area contributed by atoms with E-state index in [9.17, 15) is 8.42 Å². The lowest BCUT2D eigenvalue weighted by atomic mass is 9.80. The molecule has 1 aliphatic rings. The van der Waals surface area contributed by atoms with Gasteiger partial charge in [0, 0.05) is 30.7 Å². The number of hydrogen-bond acceptors (Lipinski definition) is 6. The summed E-state index contributed by atoms with van der Waals surface area (Å²) in [5.41, 5.74) is 0.312. The molecule has 1 aromatic carbocycles. The van der Waals surface area contributed by atoms with Gasteiger partial charge in [-0.2, -0.15) is 0 Å². The van der Waals surface area contributed by atoms with Gasteiger partial charge >= 0.3 is 0 Å². The second-order valence-electron chi connectivity index (χ2n) is 6.38. The number of piperidine rings is 1. The summed E-state index contributed by atoms with van der Waals surface area (Å²) < 4.78 is 39.1. The molecule has 2 N–H and O–H groups in total. The van der Waals surface area contributed by atoms with Gasteiger partial charge in [0.1, 0.15) is 0 Å². The molecule has 7 nitrogen and oxygen atoms in total. The van der Waals surface area contributed by atoms with Crippen LogP contribution in [0.4, 0.5) is 0 Å². The lowest BCUT2D eigenvalue weighted by molar-refractivity contribution is 0.0577. The topological polar surface area (TPSA) is 93.5 Å². The fourth-order valence-corrected chi connectivity index (χ4v) is 4.59. The first-order valence-corrected chi connectivity index (χ1v) is 9.74. The van der Waals surface area contributed by atoms with E-state index < -0.39 is 10.0 Å². The fourth-order valence-electron chi connectivity index (χ4n) is 3.22. The Morgan fingerprint density at radius 1 is 1.27 bits per heavy atom. The summed E-state index contributed by atoms with van der Waals surface area (Å²) >= 11 is 0. The highest BCUT2D eigenvalue weighted by molar-refractivity contribution is 7.89. The average molecular weight is 402 g/mol. The Bertz CT molecular complexity index is 785. The summed E-state index contributed by atoms with van der Waals surface area (Å²) in [7, 11) is -2.04. The summed E-state index contributed by atoms with van der Waals surface area (Å²) in [5.74, 6) is 0.425. The predicted molar refractivity (Wildman–Crippen MR) is 101 cm³/mol. The molecule has 2 heterocycles. The first-order valence-electron chi connectivity index (χ1n) is 8.26. The summed E-state index contributed by atoms with van der Waals surface area (Å²) in [6.45, 7) is 2.59. The number of nitrogens with one attached hydrogen (secondary N) is 2. The van der Waals surface area contributed by atoms with Gasteiger partial charge in [0.25, 0.3) is 0 Å². The van der Waals surface area contributed by atoms with Crippen LogP contribution in [0, 0.1) is 5.41 Å². The van der Waals surface area contributed by atoms with E-state index in [0.717, 1.165) is 25.9 Å². The van der Waals surface area contributed by atoms with E-state index in [-0.39, 0.29) is 22.7 Å². The highest BCUT2D eigenvalue weighted by Gasteiger charge is 2.34. The number of sulfonamides is 1. The Balaban J connectivity index is 0.00000243. The Hall–Kier alpha value is -1.45. The van der Waals surface area contributed by atoms with Crippen LogP contribution in [0.3, 0.4) is 0 Å². The van der Waals surface area contributed by atoms with Crippen molar-refractivity contribution in [3.63, 3.8) is 0 Å². The Kier molecular flexibility index (Phi) is 7.19. The molecule has 0 atom stereocenters. The van der Waals surface area contributed by atoms with Gasteiger partial charge in [-0.25, -0.2) is 13.1 Å². The molecule has 1 aromatic heterocycles. The molecule has 0 unspecified atom stereocenters. The normalized spacial score (nSPS) is 16.8. The van der Waals surface area contributed by atoms with Crippen LogP contribution < -0.4 is 10.0 Å². The maximum absolute atomic E-state index is 12.9. The third-order valence-electron chi connectivity index (χ3n) is 4.63. The summed E-state index contributed by atoms with van der Waals surface area (Å²) in [5, 5.41) is 6.97. The zero-order valence-electron chi connectivity index (χ0n) is 14.6. The summed E-state index contributed by atoms with van der Waals surface area (Å²) in [6.07, 6.45) is 3.23. The molecule has 0 amide bonds. The molecule has 144 valence electrons. The number of benzene rings is 1. The van der Waals surface area contributed by atoms with Crippen molar-refractivity contribution in [2.75, 3.05) is 33.4 Å². The van der Waals surface area contributed by atoms with Gasteiger partial charge in [-0.15, -0.1) is 12.4 Å². The van der Waals surface area contributed by atoms with Crippen molar-refractivity contribution in [3.8, 4) is 11.3 Å². The standard InChI is InChI=1S/C17H23N3O4S.ClH/c1-23-13-17(7-10-18-11-8-17)12-20-25(21,22)16-5-3-2-4-14(16)15-6-9-19-24-15;/h2-6,9,18,20H,7-8,10-13H2,1H3;1H. The second-order valence-corrected chi connectivity index (χ2v) is 8.12. The number of hydrogen-bond donors (Lipinski definition) is 2. The largest absolute Gasteiger partial charge is 0.384 e. The van der Waals surface area contributed by atoms with Gasteiger partial charge in [-0.05, 0) is 38.1 Å². The molecule has 0 saturated carbocycles. The Morgan fingerprint density at radius 2 is 2.00 bits per heavy atom. The zero-order valence-corrected chi connectivity index (χ0v) is 16.2. The first-order chi connectivity index (χ1) is 12.1. The van der Waals surface area contributed by atoms with Gasteiger partial charge in [0.15, 0.2) is 5.76 Å². The van der Waals surface area contributed by atoms with Gasteiger partial charge in [-0.3, -0.25) is 0 Å². The van der Waals surface area contributed by atoms with E-state index in [1.165, 1.54) is 6.20 Å². The monoisotopic (exact) mass is 401 g/mol. The van der Waals surface area contributed by atoms with E-state index >= 15 is 0 Å². The van der Waals surface area contributed by atoms with E-state index in [0.29, 0.717) is 24.5 Å². The minimum atomic E-state index is -3.69.